The molecule has 0 aromatic heterocycles. The molecule has 0 saturated carbocycles. The Hall–Kier alpha value is -1.51. The highest BCUT2D eigenvalue weighted by atomic mass is 31.2. The average Bonchev–Trinajstić information content (AvgIpc) is 3.10. The summed E-state index contributed by atoms with van der Waals surface area (Å²) in [6.07, 6.45) is 37.9. The summed E-state index contributed by atoms with van der Waals surface area (Å²) < 4.78 is 34.3. The number of carbonyl (C=O) groups is 2. The zero-order valence-electron chi connectivity index (χ0n) is 35.0. The SMILES string of the molecule is CCCCC/C=C\C/C=C\CCCCCCCC(=O)OC(COC(=O)CCCCCCCCCCCCCCCC)COP(=O)(O)OCC[N+](C)(C)C. The van der Waals surface area contributed by atoms with Crippen LogP contribution in [0, 0.1) is 0 Å². The van der Waals surface area contributed by atoms with Crippen molar-refractivity contribution in [2.45, 2.75) is 193 Å². The van der Waals surface area contributed by atoms with Crippen LogP contribution in [0.2, 0.25) is 0 Å². The molecule has 0 radical (unpaired) electrons. The van der Waals surface area contributed by atoms with E-state index in [1.807, 2.05) is 21.1 Å². The molecule has 0 fully saturated rings. The van der Waals surface area contributed by atoms with Crippen LogP contribution in [-0.2, 0) is 32.7 Å². The summed E-state index contributed by atoms with van der Waals surface area (Å²) in [6, 6.07) is 0. The second kappa shape index (κ2) is 36.1. The van der Waals surface area contributed by atoms with Gasteiger partial charge in [-0.2, -0.15) is 0 Å². The Labute approximate surface area is 326 Å². The minimum Gasteiger partial charge on any atom is -0.462 e. The van der Waals surface area contributed by atoms with Crippen LogP contribution in [0.3, 0.4) is 0 Å². The van der Waals surface area contributed by atoms with Crippen LogP contribution in [0.4, 0.5) is 0 Å². The average molecular weight is 773 g/mol. The predicted molar refractivity (Wildman–Crippen MR) is 220 cm³/mol. The van der Waals surface area contributed by atoms with Crippen LogP contribution in [0.15, 0.2) is 24.3 Å². The van der Waals surface area contributed by atoms with Crippen LogP contribution in [0.1, 0.15) is 187 Å². The Bertz CT molecular complexity index is 964. The summed E-state index contributed by atoms with van der Waals surface area (Å²) in [5, 5.41) is 0. The highest BCUT2D eigenvalue weighted by Gasteiger charge is 2.27. The number of esters is 2. The van der Waals surface area contributed by atoms with Gasteiger partial charge in [-0.05, 0) is 44.9 Å². The van der Waals surface area contributed by atoms with E-state index in [9.17, 15) is 19.0 Å². The number of rotatable bonds is 39. The van der Waals surface area contributed by atoms with Crippen molar-refractivity contribution in [1.29, 1.82) is 0 Å². The lowest BCUT2D eigenvalue weighted by atomic mass is 10.0. The van der Waals surface area contributed by atoms with Crippen molar-refractivity contribution in [2.75, 3.05) is 47.5 Å². The normalized spacial score (nSPS) is 13.8. The summed E-state index contributed by atoms with van der Waals surface area (Å²) in [5.41, 5.74) is 0. The molecule has 0 amide bonds. The van der Waals surface area contributed by atoms with Crippen molar-refractivity contribution in [3.05, 3.63) is 24.3 Å². The minimum absolute atomic E-state index is 0.0305. The van der Waals surface area contributed by atoms with E-state index in [0.29, 0.717) is 17.4 Å². The van der Waals surface area contributed by atoms with Crippen LogP contribution >= 0.6 is 7.82 Å². The van der Waals surface area contributed by atoms with Crippen molar-refractivity contribution >= 4 is 19.8 Å². The lowest BCUT2D eigenvalue weighted by Crippen LogP contribution is -2.37. The molecule has 0 heterocycles. The summed E-state index contributed by atoms with van der Waals surface area (Å²) in [6.45, 7) is 4.39. The molecule has 53 heavy (non-hydrogen) atoms. The minimum atomic E-state index is -4.37. The number of hydrogen-bond acceptors (Lipinski definition) is 7. The number of likely N-dealkylation sites (N-methyl/N-ethyl adjacent to an activating group) is 1. The topological polar surface area (TPSA) is 108 Å². The van der Waals surface area contributed by atoms with Crippen LogP contribution in [0.25, 0.3) is 0 Å². The molecule has 0 aliphatic heterocycles. The second-order valence-corrected chi connectivity index (χ2v) is 17.2. The van der Waals surface area contributed by atoms with Crippen molar-refractivity contribution in [2.24, 2.45) is 0 Å². The number of hydrogen-bond donors (Lipinski definition) is 1. The lowest BCUT2D eigenvalue weighted by Gasteiger charge is -2.24. The van der Waals surface area contributed by atoms with E-state index in [2.05, 4.69) is 38.2 Å². The van der Waals surface area contributed by atoms with Gasteiger partial charge in [0.2, 0.25) is 0 Å². The first-order valence-corrected chi connectivity index (χ1v) is 23.1. The summed E-state index contributed by atoms with van der Waals surface area (Å²) >= 11 is 0. The zero-order chi connectivity index (χ0) is 39.3. The summed E-state index contributed by atoms with van der Waals surface area (Å²) in [4.78, 5) is 35.3. The van der Waals surface area contributed by atoms with Gasteiger partial charge in [-0.15, -0.1) is 0 Å². The molecule has 1 N–H and O–H groups in total. The molecule has 0 saturated heterocycles. The van der Waals surface area contributed by atoms with Crippen molar-refractivity contribution < 1.29 is 42.1 Å². The predicted octanol–water partition coefficient (Wildman–Crippen LogP) is 12.0. The Morgan fingerprint density at radius 2 is 1.02 bits per heavy atom. The Morgan fingerprint density at radius 1 is 0.585 bits per heavy atom. The fraction of sp³-hybridized carbons (Fsp3) is 0.860. The quantitative estimate of drug-likeness (QED) is 0.0216. The van der Waals surface area contributed by atoms with Gasteiger partial charge >= 0.3 is 19.8 Å². The fourth-order valence-corrected chi connectivity index (χ4v) is 6.55. The van der Waals surface area contributed by atoms with Gasteiger partial charge in [-0.1, -0.05) is 154 Å². The number of allylic oxidation sites excluding steroid dienone is 4. The monoisotopic (exact) mass is 773 g/mol. The molecule has 0 spiro atoms. The van der Waals surface area contributed by atoms with Crippen molar-refractivity contribution in [1.82, 2.24) is 0 Å². The first kappa shape index (κ1) is 51.5. The number of ether oxygens (including phenoxy) is 2. The van der Waals surface area contributed by atoms with Crippen LogP contribution < -0.4 is 0 Å². The molecule has 0 rings (SSSR count). The summed E-state index contributed by atoms with van der Waals surface area (Å²) in [7, 11) is 1.47. The van der Waals surface area contributed by atoms with E-state index >= 15 is 0 Å². The standard InChI is InChI=1S/C43H82NO8P/c1-6-8-10-12-14-16-18-20-22-24-26-28-30-32-34-36-43(46)52-41(40-51-53(47,48)50-38-37-44(3,4)5)39-49-42(45)35-33-31-29-27-25-23-21-19-17-15-13-11-9-7-2/h14,16,20,22,41H,6-13,15,17-19,21,23-40H2,1-5H3/p+1/b16-14-,22-20-. The van der Waals surface area contributed by atoms with Gasteiger partial charge in [0.25, 0.3) is 0 Å². The molecule has 2 unspecified atom stereocenters. The third kappa shape index (κ3) is 40.0. The molecule has 0 aromatic carbocycles. The van der Waals surface area contributed by atoms with Gasteiger partial charge in [0.15, 0.2) is 6.10 Å². The fourth-order valence-electron chi connectivity index (χ4n) is 5.81. The highest BCUT2D eigenvalue weighted by molar-refractivity contribution is 7.47. The molecule has 312 valence electrons. The zero-order valence-corrected chi connectivity index (χ0v) is 35.9. The molecule has 0 bridgehead atoms. The smallest absolute Gasteiger partial charge is 0.462 e. The number of nitrogens with zero attached hydrogens (tertiary/aromatic N) is 1. The molecular weight excluding hydrogens is 689 g/mol. The lowest BCUT2D eigenvalue weighted by molar-refractivity contribution is -0.870. The van der Waals surface area contributed by atoms with E-state index in [-0.39, 0.29) is 32.0 Å². The molecule has 10 heteroatoms. The maximum atomic E-state index is 12.7. The summed E-state index contributed by atoms with van der Waals surface area (Å²) in [5.74, 6) is -0.809. The molecular formula is C43H83NO8P+. The van der Waals surface area contributed by atoms with Gasteiger partial charge in [0.05, 0.1) is 27.7 Å². The highest BCUT2D eigenvalue weighted by Crippen LogP contribution is 2.43. The van der Waals surface area contributed by atoms with E-state index in [1.165, 1.54) is 96.3 Å². The van der Waals surface area contributed by atoms with Gasteiger partial charge in [0, 0.05) is 12.8 Å². The van der Waals surface area contributed by atoms with Crippen LogP contribution in [0.5, 0.6) is 0 Å². The van der Waals surface area contributed by atoms with Gasteiger partial charge < -0.3 is 18.9 Å². The van der Waals surface area contributed by atoms with Gasteiger partial charge in [0.1, 0.15) is 19.8 Å². The maximum Gasteiger partial charge on any atom is 0.472 e. The number of quaternary nitrogens is 1. The van der Waals surface area contributed by atoms with E-state index in [0.717, 1.165) is 57.8 Å². The maximum absolute atomic E-state index is 12.7. The first-order valence-electron chi connectivity index (χ1n) is 21.6. The largest absolute Gasteiger partial charge is 0.472 e. The third-order valence-electron chi connectivity index (χ3n) is 9.23. The second-order valence-electron chi connectivity index (χ2n) is 15.7. The number of phosphoric acid groups is 1. The van der Waals surface area contributed by atoms with Crippen molar-refractivity contribution in [3.63, 3.8) is 0 Å². The number of phosphoric ester groups is 1. The van der Waals surface area contributed by atoms with Gasteiger partial charge in [-0.3, -0.25) is 18.6 Å². The molecule has 0 aliphatic rings. The number of carbonyl (C=O) groups excluding carboxylic acids is 2. The number of unbranched alkanes of at least 4 members (excludes halogenated alkanes) is 21. The Balaban J connectivity index is 4.39. The Kier molecular flexibility index (Phi) is 35.1. The molecule has 0 aromatic rings. The first-order chi connectivity index (χ1) is 25.5. The van der Waals surface area contributed by atoms with Crippen molar-refractivity contribution in [3.8, 4) is 0 Å². The molecule has 2 atom stereocenters. The van der Waals surface area contributed by atoms with E-state index in [4.69, 9.17) is 18.5 Å². The molecule has 9 nitrogen and oxygen atoms in total. The Morgan fingerprint density at radius 3 is 1.53 bits per heavy atom. The van der Waals surface area contributed by atoms with E-state index in [1.54, 1.807) is 0 Å². The van der Waals surface area contributed by atoms with Crippen LogP contribution in [-0.4, -0.2) is 74.9 Å². The molecule has 0 aliphatic carbocycles. The third-order valence-corrected chi connectivity index (χ3v) is 10.2. The van der Waals surface area contributed by atoms with Gasteiger partial charge in [-0.25, -0.2) is 4.57 Å². The van der Waals surface area contributed by atoms with E-state index < -0.39 is 26.5 Å².